The number of nitrogen functional groups attached to an aromatic ring is 1. The van der Waals surface area contributed by atoms with Gasteiger partial charge in [0, 0.05) is 18.8 Å². The Bertz CT molecular complexity index is 353. The van der Waals surface area contributed by atoms with Gasteiger partial charge in [-0.3, -0.25) is 4.79 Å². The second-order valence-electron chi connectivity index (χ2n) is 3.61. The van der Waals surface area contributed by atoms with E-state index in [0.29, 0.717) is 0 Å². The van der Waals surface area contributed by atoms with E-state index in [0.717, 1.165) is 5.75 Å². The number of thioether (sulfide) groups is 1. The number of carbonyl (C=O) groups is 1. The molecule has 90 valence electrons. The molecule has 1 unspecified atom stereocenters. The molecule has 0 saturated carbocycles. The third kappa shape index (κ3) is 3.41. The third-order valence-electron chi connectivity index (χ3n) is 2.31. The number of aromatic nitrogens is 3. The first-order valence-corrected chi connectivity index (χ1v) is 6.33. The molecule has 7 heteroatoms. The van der Waals surface area contributed by atoms with Gasteiger partial charge in [-0.15, -0.1) is 5.10 Å². The minimum Gasteiger partial charge on any atom is -0.367 e. The van der Waals surface area contributed by atoms with E-state index >= 15 is 0 Å². The lowest BCUT2D eigenvalue weighted by atomic mass is 10.3. The van der Waals surface area contributed by atoms with Gasteiger partial charge in [0.05, 0.1) is 0 Å². The summed E-state index contributed by atoms with van der Waals surface area (Å²) in [4.78, 5) is 17.3. The Morgan fingerprint density at radius 2 is 2.44 bits per heavy atom. The zero-order chi connectivity index (χ0) is 12.1. The first kappa shape index (κ1) is 12.8. The molecule has 1 amide bonds. The Balaban J connectivity index is 2.51. The summed E-state index contributed by atoms with van der Waals surface area (Å²) in [5, 5.41) is 3.87. The molecule has 0 saturated heterocycles. The molecule has 1 heterocycles. The van der Waals surface area contributed by atoms with Crippen LogP contribution in [0.3, 0.4) is 0 Å². The van der Waals surface area contributed by atoms with Crippen LogP contribution in [0.15, 0.2) is 6.33 Å². The summed E-state index contributed by atoms with van der Waals surface area (Å²) in [6, 6.07) is 0.211. The number of carbonyl (C=O) groups excluding carboxylic acids is 1. The fourth-order valence-corrected chi connectivity index (χ4v) is 1.94. The maximum atomic E-state index is 11.8. The monoisotopic (exact) mass is 243 g/mol. The van der Waals surface area contributed by atoms with Crippen LogP contribution >= 0.6 is 11.8 Å². The predicted molar refractivity (Wildman–Crippen MR) is 65.0 cm³/mol. The highest BCUT2D eigenvalue weighted by Gasteiger charge is 2.15. The van der Waals surface area contributed by atoms with Gasteiger partial charge in [0.2, 0.25) is 11.9 Å². The summed E-state index contributed by atoms with van der Waals surface area (Å²) in [5.41, 5.74) is 5.37. The van der Waals surface area contributed by atoms with Gasteiger partial charge in [0.15, 0.2) is 0 Å². The van der Waals surface area contributed by atoms with Crippen molar-refractivity contribution in [2.75, 3.05) is 24.8 Å². The van der Waals surface area contributed by atoms with Crippen molar-refractivity contribution in [2.45, 2.75) is 19.5 Å². The van der Waals surface area contributed by atoms with E-state index in [4.69, 9.17) is 5.73 Å². The average Bonchev–Trinajstić information content (AvgIpc) is 2.63. The number of rotatable bonds is 5. The summed E-state index contributed by atoms with van der Waals surface area (Å²) in [6.07, 6.45) is 3.48. The molecule has 0 aliphatic rings. The first-order chi connectivity index (χ1) is 7.54. The van der Waals surface area contributed by atoms with Crippen molar-refractivity contribution < 1.29 is 4.79 Å². The molecule has 1 aromatic rings. The summed E-state index contributed by atoms with van der Waals surface area (Å²) in [6.45, 7) is 2.20. The van der Waals surface area contributed by atoms with Crippen molar-refractivity contribution in [1.82, 2.24) is 19.7 Å². The summed E-state index contributed by atoms with van der Waals surface area (Å²) in [5.74, 6) is 1.11. The molecule has 0 aromatic carbocycles. The molecular formula is C9H17N5OS. The van der Waals surface area contributed by atoms with Crippen LogP contribution in [0.5, 0.6) is 0 Å². The molecule has 0 fully saturated rings. The second kappa shape index (κ2) is 5.74. The third-order valence-corrected chi connectivity index (χ3v) is 3.13. The standard InChI is InChI=1S/C9H17N5OS/c1-7(5-16-3)13(2)8(15)4-14-6-11-9(10)12-14/h6-7H,4-5H2,1-3H3,(H2,10,12). The molecule has 0 aliphatic carbocycles. The average molecular weight is 243 g/mol. The second-order valence-corrected chi connectivity index (χ2v) is 4.52. The molecule has 2 N–H and O–H groups in total. The molecule has 0 aliphatic heterocycles. The molecule has 1 rings (SSSR count). The van der Waals surface area contributed by atoms with Gasteiger partial charge in [-0.05, 0) is 13.2 Å². The van der Waals surface area contributed by atoms with Crippen molar-refractivity contribution in [2.24, 2.45) is 0 Å². The molecule has 0 bridgehead atoms. The Kier molecular flexibility index (Phi) is 4.60. The van der Waals surface area contributed by atoms with E-state index in [9.17, 15) is 4.79 Å². The van der Waals surface area contributed by atoms with Crippen LogP contribution in [0.1, 0.15) is 6.92 Å². The van der Waals surface area contributed by atoms with E-state index in [-0.39, 0.29) is 24.4 Å². The van der Waals surface area contributed by atoms with Crippen LogP contribution < -0.4 is 5.73 Å². The molecular weight excluding hydrogens is 226 g/mol. The van der Waals surface area contributed by atoms with E-state index in [1.807, 2.05) is 13.2 Å². The number of hydrogen-bond acceptors (Lipinski definition) is 5. The zero-order valence-corrected chi connectivity index (χ0v) is 10.6. The Morgan fingerprint density at radius 1 is 1.75 bits per heavy atom. The summed E-state index contributed by atoms with van der Waals surface area (Å²) >= 11 is 1.72. The van der Waals surface area contributed by atoms with Crippen LogP contribution in [0.25, 0.3) is 0 Å². The number of hydrogen-bond donors (Lipinski definition) is 1. The summed E-state index contributed by atoms with van der Waals surface area (Å²) < 4.78 is 1.44. The van der Waals surface area contributed by atoms with Gasteiger partial charge < -0.3 is 10.6 Å². The van der Waals surface area contributed by atoms with Crippen molar-refractivity contribution in [1.29, 1.82) is 0 Å². The van der Waals surface area contributed by atoms with Crippen LogP contribution in [0.2, 0.25) is 0 Å². The molecule has 1 aromatic heterocycles. The van der Waals surface area contributed by atoms with E-state index in [1.54, 1.807) is 23.7 Å². The van der Waals surface area contributed by atoms with Gasteiger partial charge in [-0.1, -0.05) is 0 Å². The summed E-state index contributed by atoms with van der Waals surface area (Å²) in [7, 11) is 1.80. The van der Waals surface area contributed by atoms with Crippen molar-refractivity contribution in [3.63, 3.8) is 0 Å². The number of anilines is 1. The van der Waals surface area contributed by atoms with Crippen molar-refractivity contribution in [3.8, 4) is 0 Å². The molecule has 0 spiro atoms. The topological polar surface area (TPSA) is 77.0 Å². The van der Waals surface area contributed by atoms with Crippen LogP contribution in [-0.2, 0) is 11.3 Å². The van der Waals surface area contributed by atoms with Gasteiger partial charge >= 0.3 is 0 Å². The predicted octanol–water partition coefficient (Wildman–Crippen LogP) is 0.0702. The maximum absolute atomic E-state index is 11.8. The van der Waals surface area contributed by atoms with Gasteiger partial charge in [-0.2, -0.15) is 11.8 Å². The lowest BCUT2D eigenvalue weighted by molar-refractivity contribution is -0.132. The minimum atomic E-state index is 0.00597. The highest BCUT2D eigenvalue weighted by molar-refractivity contribution is 7.98. The Labute approximate surface area is 99.2 Å². The van der Waals surface area contributed by atoms with Gasteiger partial charge in [-0.25, -0.2) is 9.67 Å². The Hall–Kier alpha value is -1.24. The lowest BCUT2D eigenvalue weighted by Crippen LogP contribution is -2.38. The number of nitrogens with two attached hydrogens (primary N) is 1. The molecule has 1 atom stereocenters. The molecule has 16 heavy (non-hydrogen) atoms. The largest absolute Gasteiger partial charge is 0.367 e. The van der Waals surface area contributed by atoms with E-state index in [2.05, 4.69) is 10.1 Å². The number of amides is 1. The van der Waals surface area contributed by atoms with Gasteiger partial charge in [0.25, 0.3) is 0 Å². The van der Waals surface area contributed by atoms with Gasteiger partial charge in [0.1, 0.15) is 12.9 Å². The lowest BCUT2D eigenvalue weighted by Gasteiger charge is -2.24. The van der Waals surface area contributed by atoms with E-state index < -0.39 is 0 Å². The fraction of sp³-hybridized carbons (Fsp3) is 0.667. The highest BCUT2D eigenvalue weighted by Crippen LogP contribution is 2.04. The SMILES string of the molecule is CSCC(C)N(C)C(=O)Cn1cnc(N)n1. The number of likely N-dealkylation sites (N-methyl/N-ethyl adjacent to an activating group) is 1. The Morgan fingerprint density at radius 3 is 2.94 bits per heavy atom. The molecule has 6 nitrogen and oxygen atoms in total. The minimum absolute atomic E-state index is 0.00597. The fourth-order valence-electron chi connectivity index (χ4n) is 1.23. The number of nitrogens with zero attached hydrogens (tertiary/aromatic N) is 4. The van der Waals surface area contributed by atoms with Crippen LogP contribution in [0.4, 0.5) is 5.95 Å². The van der Waals surface area contributed by atoms with Crippen LogP contribution in [0, 0.1) is 0 Å². The first-order valence-electron chi connectivity index (χ1n) is 4.94. The maximum Gasteiger partial charge on any atom is 0.244 e. The quantitative estimate of drug-likeness (QED) is 0.792. The van der Waals surface area contributed by atoms with Crippen LogP contribution in [-0.4, -0.2) is 50.7 Å². The van der Waals surface area contributed by atoms with Crippen molar-refractivity contribution in [3.05, 3.63) is 6.33 Å². The normalized spacial score (nSPS) is 12.4. The van der Waals surface area contributed by atoms with E-state index in [1.165, 1.54) is 11.0 Å². The molecule has 0 radical (unpaired) electrons. The highest BCUT2D eigenvalue weighted by atomic mass is 32.2. The smallest absolute Gasteiger partial charge is 0.244 e. The van der Waals surface area contributed by atoms with Crippen molar-refractivity contribution >= 4 is 23.6 Å². The zero-order valence-electron chi connectivity index (χ0n) is 9.75.